The number of methoxy groups -OCH3 is 1. The van der Waals surface area contributed by atoms with E-state index in [1.165, 1.54) is 5.01 Å². The van der Waals surface area contributed by atoms with Crippen LogP contribution < -0.4 is 9.75 Å². The number of hydrogen-bond acceptors (Lipinski definition) is 4. The summed E-state index contributed by atoms with van der Waals surface area (Å²) in [6, 6.07) is 19.0. The van der Waals surface area contributed by atoms with Gasteiger partial charge in [0, 0.05) is 17.1 Å². The molecule has 1 atom stereocenters. The number of pyridine rings is 1. The normalized spacial score (nSPS) is 16.5. The minimum atomic E-state index is -0.404. The Morgan fingerprint density at radius 3 is 2.55 bits per heavy atom. The number of halogens is 2. The van der Waals surface area contributed by atoms with E-state index in [-0.39, 0.29) is 5.91 Å². The smallest absolute Gasteiger partial charge is 0.255 e. The van der Waals surface area contributed by atoms with Gasteiger partial charge >= 0.3 is 0 Å². The van der Waals surface area contributed by atoms with Crippen molar-refractivity contribution in [2.45, 2.75) is 12.3 Å². The number of amides is 1. The Morgan fingerprint density at radius 2 is 1.83 bits per heavy atom. The van der Waals surface area contributed by atoms with E-state index in [1.807, 2.05) is 60.7 Å². The SMILES string of the molecule is COc1cc(C2CC(c3ccccn3)=NN(c3ccccc3Br)C2=O)ccc1Br. The molecule has 1 aromatic heterocycles. The third-order valence-electron chi connectivity index (χ3n) is 4.74. The van der Waals surface area contributed by atoms with Crippen LogP contribution in [0.3, 0.4) is 0 Å². The summed E-state index contributed by atoms with van der Waals surface area (Å²) in [7, 11) is 1.61. The van der Waals surface area contributed by atoms with Crippen molar-refractivity contribution in [2.75, 3.05) is 12.1 Å². The van der Waals surface area contributed by atoms with Crippen LogP contribution in [-0.2, 0) is 4.79 Å². The Morgan fingerprint density at radius 1 is 1.03 bits per heavy atom. The van der Waals surface area contributed by atoms with Crippen molar-refractivity contribution >= 4 is 49.2 Å². The number of carbonyl (C=O) groups is 1. The highest BCUT2D eigenvalue weighted by atomic mass is 79.9. The topological polar surface area (TPSA) is 54.8 Å². The number of anilines is 1. The lowest BCUT2D eigenvalue weighted by atomic mass is 9.89. The summed E-state index contributed by atoms with van der Waals surface area (Å²) in [5.41, 5.74) is 3.08. The molecule has 1 amide bonds. The molecule has 0 radical (unpaired) electrons. The first kappa shape index (κ1) is 19.8. The highest BCUT2D eigenvalue weighted by molar-refractivity contribution is 9.11. The van der Waals surface area contributed by atoms with Crippen LogP contribution in [0, 0.1) is 0 Å². The van der Waals surface area contributed by atoms with Gasteiger partial charge in [0.15, 0.2) is 0 Å². The zero-order valence-electron chi connectivity index (χ0n) is 15.5. The number of aromatic nitrogens is 1. The number of hydrogen-bond donors (Lipinski definition) is 0. The van der Waals surface area contributed by atoms with Gasteiger partial charge in [0.1, 0.15) is 5.75 Å². The third kappa shape index (κ3) is 3.97. The van der Waals surface area contributed by atoms with Crippen LogP contribution in [0.25, 0.3) is 0 Å². The van der Waals surface area contributed by atoms with E-state index in [9.17, 15) is 4.79 Å². The largest absolute Gasteiger partial charge is 0.496 e. The number of rotatable bonds is 4. The maximum Gasteiger partial charge on any atom is 0.255 e. The predicted molar refractivity (Wildman–Crippen MR) is 120 cm³/mol. The van der Waals surface area contributed by atoms with E-state index in [4.69, 9.17) is 4.74 Å². The maximum atomic E-state index is 13.5. The molecule has 0 fully saturated rings. The number of nitrogens with zero attached hydrogens (tertiary/aromatic N) is 3. The van der Waals surface area contributed by atoms with Gasteiger partial charge in [-0.2, -0.15) is 10.1 Å². The van der Waals surface area contributed by atoms with Crippen molar-refractivity contribution < 1.29 is 9.53 Å². The Kier molecular flexibility index (Phi) is 5.78. The van der Waals surface area contributed by atoms with Crippen LogP contribution >= 0.6 is 31.9 Å². The van der Waals surface area contributed by atoms with Crippen LogP contribution in [0.15, 0.2) is 80.9 Å². The second-order valence-corrected chi connectivity index (χ2v) is 8.22. The van der Waals surface area contributed by atoms with Crippen LogP contribution in [0.1, 0.15) is 23.6 Å². The van der Waals surface area contributed by atoms with Crippen LogP contribution in [0.4, 0.5) is 5.69 Å². The van der Waals surface area contributed by atoms with E-state index >= 15 is 0 Å². The minimum Gasteiger partial charge on any atom is -0.496 e. The quantitative estimate of drug-likeness (QED) is 0.459. The molecule has 7 heteroatoms. The van der Waals surface area contributed by atoms with Crippen molar-refractivity contribution in [3.63, 3.8) is 0 Å². The van der Waals surface area contributed by atoms with Crippen molar-refractivity contribution in [3.05, 3.63) is 87.1 Å². The molecule has 2 aromatic carbocycles. The Hall–Kier alpha value is -2.51. The number of hydrazone groups is 1. The summed E-state index contributed by atoms with van der Waals surface area (Å²) in [4.78, 5) is 17.9. The highest BCUT2D eigenvalue weighted by Gasteiger charge is 2.35. The van der Waals surface area contributed by atoms with Gasteiger partial charge in [0.05, 0.1) is 34.6 Å². The monoisotopic (exact) mass is 513 g/mol. The van der Waals surface area contributed by atoms with Gasteiger partial charge in [-0.05, 0) is 73.8 Å². The summed E-state index contributed by atoms with van der Waals surface area (Å²) in [5, 5.41) is 6.14. The molecule has 1 unspecified atom stereocenters. The van der Waals surface area contributed by atoms with Gasteiger partial charge in [0.25, 0.3) is 5.91 Å². The van der Waals surface area contributed by atoms with E-state index in [2.05, 4.69) is 41.9 Å². The minimum absolute atomic E-state index is 0.0963. The zero-order chi connectivity index (χ0) is 20.4. The molecule has 1 aliphatic heterocycles. The Labute approximate surface area is 185 Å². The summed E-state index contributed by atoms with van der Waals surface area (Å²) in [6.45, 7) is 0. The Bertz CT molecular complexity index is 1090. The van der Waals surface area contributed by atoms with E-state index in [0.29, 0.717) is 17.9 Å². The fourth-order valence-corrected chi connectivity index (χ4v) is 4.14. The fraction of sp³-hybridized carbons (Fsp3) is 0.136. The summed E-state index contributed by atoms with van der Waals surface area (Å²) >= 11 is 7.02. The third-order valence-corrected chi connectivity index (χ3v) is 6.07. The second kappa shape index (κ2) is 8.47. The number of para-hydroxylation sites is 1. The van der Waals surface area contributed by atoms with Crippen molar-refractivity contribution in [1.82, 2.24) is 4.98 Å². The van der Waals surface area contributed by atoms with Gasteiger partial charge in [-0.25, -0.2) is 0 Å². The molecule has 0 spiro atoms. The summed E-state index contributed by atoms with van der Waals surface area (Å²) in [5.74, 6) is 0.184. The molecule has 2 heterocycles. The van der Waals surface area contributed by atoms with Gasteiger partial charge in [0.2, 0.25) is 0 Å². The standard InChI is InChI=1S/C22H17Br2N3O2/c1-29-21-12-14(9-10-17(21)24)15-13-19(18-7-4-5-11-25-18)26-27(22(15)28)20-8-3-2-6-16(20)23/h2-12,15H,13H2,1H3. The van der Waals surface area contributed by atoms with Gasteiger partial charge in [-0.15, -0.1) is 0 Å². The van der Waals surface area contributed by atoms with Crippen molar-refractivity contribution in [1.29, 1.82) is 0 Å². The lowest BCUT2D eigenvalue weighted by Crippen LogP contribution is -2.38. The predicted octanol–water partition coefficient (Wildman–Crippen LogP) is 5.54. The highest BCUT2D eigenvalue weighted by Crippen LogP contribution is 2.37. The Balaban J connectivity index is 1.83. The van der Waals surface area contributed by atoms with E-state index in [0.717, 1.165) is 25.9 Å². The molecule has 3 aromatic rings. The van der Waals surface area contributed by atoms with Crippen LogP contribution in [-0.4, -0.2) is 23.7 Å². The molecule has 0 bridgehead atoms. The second-order valence-electron chi connectivity index (χ2n) is 6.51. The van der Waals surface area contributed by atoms with E-state index in [1.54, 1.807) is 13.3 Å². The fourth-order valence-electron chi connectivity index (χ4n) is 3.28. The molecular formula is C22H17Br2N3O2. The van der Waals surface area contributed by atoms with Gasteiger partial charge < -0.3 is 4.74 Å². The molecule has 29 heavy (non-hydrogen) atoms. The summed E-state index contributed by atoms with van der Waals surface area (Å²) in [6.07, 6.45) is 2.19. The average Bonchev–Trinajstić information content (AvgIpc) is 2.76. The first-order valence-corrected chi connectivity index (χ1v) is 10.6. The molecule has 0 aliphatic carbocycles. The lowest BCUT2D eigenvalue weighted by Gasteiger charge is -2.30. The molecule has 1 aliphatic rings. The lowest BCUT2D eigenvalue weighted by molar-refractivity contribution is -0.120. The molecule has 0 saturated heterocycles. The molecule has 146 valence electrons. The number of ether oxygens (including phenoxy) is 1. The first-order valence-electron chi connectivity index (χ1n) is 8.99. The van der Waals surface area contributed by atoms with Crippen LogP contribution in [0.5, 0.6) is 5.75 Å². The first-order chi connectivity index (χ1) is 14.1. The van der Waals surface area contributed by atoms with Gasteiger partial charge in [-0.3, -0.25) is 9.78 Å². The van der Waals surface area contributed by atoms with Gasteiger partial charge in [-0.1, -0.05) is 24.3 Å². The molecular weight excluding hydrogens is 498 g/mol. The van der Waals surface area contributed by atoms with E-state index < -0.39 is 5.92 Å². The summed E-state index contributed by atoms with van der Waals surface area (Å²) < 4.78 is 7.07. The molecule has 5 nitrogen and oxygen atoms in total. The zero-order valence-corrected chi connectivity index (χ0v) is 18.7. The maximum absolute atomic E-state index is 13.5. The number of carbonyl (C=O) groups excluding carboxylic acids is 1. The molecule has 0 N–H and O–H groups in total. The number of benzene rings is 2. The molecule has 0 saturated carbocycles. The van der Waals surface area contributed by atoms with Crippen molar-refractivity contribution in [2.24, 2.45) is 5.10 Å². The van der Waals surface area contributed by atoms with Crippen LogP contribution in [0.2, 0.25) is 0 Å². The van der Waals surface area contributed by atoms with Crippen molar-refractivity contribution in [3.8, 4) is 5.75 Å². The average molecular weight is 515 g/mol. The molecule has 4 rings (SSSR count).